The Bertz CT molecular complexity index is 260. The van der Waals surface area contributed by atoms with Crippen LogP contribution in [0.25, 0.3) is 0 Å². The molecule has 2 amide bonds. The van der Waals surface area contributed by atoms with E-state index in [0.717, 1.165) is 25.7 Å². The van der Waals surface area contributed by atoms with Gasteiger partial charge in [-0.3, -0.25) is 9.59 Å². The van der Waals surface area contributed by atoms with Crippen LogP contribution in [0.15, 0.2) is 0 Å². The zero-order valence-electron chi connectivity index (χ0n) is 9.74. The van der Waals surface area contributed by atoms with Crippen LogP contribution in [0.2, 0.25) is 0 Å². The van der Waals surface area contributed by atoms with Gasteiger partial charge in [-0.1, -0.05) is 6.92 Å². The molecule has 1 aliphatic rings. The van der Waals surface area contributed by atoms with Crippen molar-refractivity contribution in [2.24, 2.45) is 17.4 Å². The van der Waals surface area contributed by atoms with E-state index in [1.807, 2.05) is 6.92 Å². The molecule has 0 aromatic heterocycles. The third-order valence-corrected chi connectivity index (χ3v) is 3.25. The molecule has 0 bridgehead atoms. The molecular formula is C11H21N3O2. The topological polar surface area (TPSA) is 98.2 Å². The third-order valence-electron chi connectivity index (χ3n) is 3.25. The van der Waals surface area contributed by atoms with Gasteiger partial charge in [0.25, 0.3) is 0 Å². The maximum Gasteiger partial charge on any atom is 0.237 e. The summed E-state index contributed by atoms with van der Waals surface area (Å²) in [6.45, 7) is 1.88. The quantitative estimate of drug-likeness (QED) is 0.624. The average molecular weight is 227 g/mol. The summed E-state index contributed by atoms with van der Waals surface area (Å²) in [5.74, 6) is -0.340. The highest BCUT2D eigenvalue weighted by atomic mass is 16.2. The molecular weight excluding hydrogens is 206 g/mol. The van der Waals surface area contributed by atoms with Gasteiger partial charge in [0.1, 0.15) is 0 Å². The van der Waals surface area contributed by atoms with Gasteiger partial charge in [0, 0.05) is 12.0 Å². The zero-order chi connectivity index (χ0) is 12.1. The van der Waals surface area contributed by atoms with Crippen molar-refractivity contribution in [3.05, 3.63) is 0 Å². The third kappa shape index (κ3) is 3.48. The van der Waals surface area contributed by atoms with Gasteiger partial charge in [-0.05, 0) is 32.1 Å². The molecule has 0 radical (unpaired) electrons. The van der Waals surface area contributed by atoms with E-state index in [2.05, 4.69) is 5.32 Å². The van der Waals surface area contributed by atoms with Crippen molar-refractivity contribution in [3.8, 4) is 0 Å². The summed E-state index contributed by atoms with van der Waals surface area (Å²) < 4.78 is 0. The summed E-state index contributed by atoms with van der Waals surface area (Å²) >= 11 is 0. The fourth-order valence-corrected chi connectivity index (χ4v) is 2.02. The van der Waals surface area contributed by atoms with Crippen LogP contribution in [-0.2, 0) is 9.59 Å². The first-order chi connectivity index (χ1) is 7.54. The Morgan fingerprint density at radius 2 is 1.88 bits per heavy atom. The second-order valence-electron chi connectivity index (χ2n) is 4.47. The van der Waals surface area contributed by atoms with Crippen molar-refractivity contribution in [1.29, 1.82) is 0 Å². The first-order valence-corrected chi connectivity index (χ1v) is 5.89. The fraction of sp³-hybridized carbons (Fsp3) is 0.818. The molecule has 0 unspecified atom stereocenters. The molecule has 92 valence electrons. The fourth-order valence-electron chi connectivity index (χ4n) is 2.02. The minimum absolute atomic E-state index is 0.0204. The first kappa shape index (κ1) is 13.0. The van der Waals surface area contributed by atoms with Gasteiger partial charge < -0.3 is 16.8 Å². The van der Waals surface area contributed by atoms with E-state index in [1.54, 1.807) is 0 Å². The number of primary amides is 1. The molecule has 0 aliphatic heterocycles. The summed E-state index contributed by atoms with van der Waals surface area (Å²) in [4.78, 5) is 22.5. The standard InChI is InChI=1S/C11H21N3O2/c1-2-9(12)11(16)14-8-5-3-7(4-6-8)10(13)15/h7-9H,2-6,12H2,1H3,(H2,13,15)(H,14,16)/t7?,8?,9-/m0/s1. The molecule has 1 rings (SSSR count). The number of rotatable bonds is 4. The lowest BCUT2D eigenvalue weighted by Gasteiger charge is -2.28. The SMILES string of the molecule is CC[C@H](N)C(=O)NC1CCC(C(N)=O)CC1. The number of hydrogen-bond donors (Lipinski definition) is 3. The van der Waals surface area contributed by atoms with Gasteiger partial charge in [0.2, 0.25) is 11.8 Å². The van der Waals surface area contributed by atoms with E-state index in [-0.39, 0.29) is 23.8 Å². The van der Waals surface area contributed by atoms with Crippen molar-refractivity contribution < 1.29 is 9.59 Å². The van der Waals surface area contributed by atoms with Crippen LogP contribution >= 0.6 is 0 Å². The Kier molecular flexibility index (Phi) is 4.73. The molecule has 1 fully saturated rings. The van der Waals surface area contributed by atoms with Gasteiger partial charge >= 0.3 is 0 Å². The lowest BCUT2D eigenvalue weighted by molar-refractivity contribution is -0.124. The summed E-state index contributed by atoms with van der Waals surface area (Å²) in [5.41, 5.74) is 10.9. The molecule has 0 heterocycles. The Morgan fingerprint density at radius 1 is 1.31 bits per heavy atom. The number of carbonyl (C=O) groups excluding carboxylic acids is 2. The minimum Gasteiger partial charge on any atom is -0.369 e. The van der Waals surface area contributed by atoms with E-state index in [9.17, 15) is 9.59 Å². The van der Waals surface area contributed by atoms with Crippen LogP contribution in [-0.4, -0.2) is 23.9 Å². The number of nitrogens with two attached hydrogens (primary N) is 2. The van der Waals surface area contributed by atoms with Crippen LogP contribution < -0.4 is 16.8 Å². The minimum atomic E-state index is -0.422. The zero-order valence-corrected chi connectivity index (χ0v) is 9.74. The predicted molar refractivity (Wildman–Crippen MR) is 61.3 cm³/mol. The average Bonchev–Trinajstić information content (AvgIpc) is 2.28. The highest BCUT2D eigenvalue weighted by Gasteiger charge is 2.26. The van der Waals surface area contributed by atoms with Crippen LogP contribution in [0.5, 0.6) is 0 Å². The van der Waals surface area contributed by atoms with E-state index in [1.165, 1.54) is 0 Å². The van der Waals surface area contributed by atoms with Crippen molar-refractivity contribution >= 4 is 11.8 Å². The van der Waals surface area contributed by atoms with Crippen molar-refractivity contribution in [1.82, 2.24) is 5.32 Å². The number of nitrogens with one attached hydrogen (secondary N) is 1. The summed E-state index contributed by atoms with van der Waals surface area (Å²) in [6, 6.07) is -0.269. The Hall–Kier alpha value is -1.10. The van der Waals surface area contributed by atoms with Crippen LogP contribution in [0.4, 0.5) is 0 Å². The maximum atomic E-state index is 11.5. The van der Waals surface area contributed by atoms with Gasteiger partial charge in [0.15, 0.2) is 0 Å². The Labute approximate surface area is 95.9 Å². The van der Waals surface area contributed by atoms with Gasteiger partial charge in [0.05, 0.1) is 6.04 Å². The Morgan fingerprint density at radius 3 is 2.31 bits per heavy atom. The molecule has 16 heavy (non-hydrogen) atoms. The second kappa shape index (κ2) is 5.84. The number of hydrogen-bond acceptors (Lipinski definition) is 3. The molecule has 5 N–H and O–H groups in total. The van der Waals surface area contributed by atoms with Crippen molar-refractivity contribution in [2.75, 3.05) is 0 Å². The molecule has 0 aromatic rings. The highest BCUT2D eigenvalue weighted by Crippen LogP contribution is 2.23. The lowest BCUT2D eigenvalue weighted by Crippen LogP contribution is -2.46. The second-order valence-corrected chi connectivity index (χ2v) is 4.47. The maximum absolute atomic E-state index is 11.5. The van der Waals surface area contributed by atoms with E-state index in [4.69, 9.17) is 11.5 Å². The lowest BCUT2D eigenvalue weighted by atomic mass is 9.85. The molecule has 0 saturated heterocycles. The first-order valence-electron chi connectivity index (χ1n) is 5.89. The van der Waals surface area contributed by atoms with E-state index in [0.29, 0.717) is 6.42 Å². The molecule has 0 spiro atoms. The summed E-state index contributed by atoms with van der Waals surface area (Å²) in [5, 5.41) is 2.91. The van der Waals surface area contributed by atoms with Crippen LogP contribution in [0.3, 0.4) is 0 Å². The van der Waals surface area contributed by atoms with Gasteiger partial charge in [-0.25, -0.2) is 0 Å². The van der Waals surface area contributed by atoms with Crippen LogP contribution in [0.1, 0.15) is 39.0 Å². The van der Waals surface area contributed by atoms with Crippen molar-refractivity contribution in [3.63, 3.8) is 0 Å². The monoisotopic (exact) mass is 227 g/mol. The van der Waals surface area contributed by atoms with Gasteiger partial charge in [-0.2, -0.15) is 0 Å². The summed E-state index contributed by atoms with van der Waals surface area (Å²) in [7, 11) is 0. The summed E-state index contributed by atoms with van der Waals surface area (Å²) in [6.07, 6.45) is 3.80. The smallest absolute Gasteiger partial charge is 0.237 e. The predicted octanol–water partition coefficient (Wildman–Crippen LogP) is -0.116. The Balaban J connectivity index is 2.32. The molecule has 1 atom stereocenters. The molecule has 5 nitrogen and oxygen atoms in total. The largest absolute Gasteiger partial charge is 0.369 e. The molecule has 1 aliphatic carbocycles. The van der Waals surface area contributed by atoms with Crippen molar-refractivity contribution in [2.45, 2.75) is 51.1 Å². The van der Waals surface area contributed by atoms with Crippen LogP contribution in [0, 0.1) is 5.92 Å². The van der Waals surface area contributed by atoms with E-state index >= 15 is 0 Å². The molecule has 0 aromatic carbocycles. The highest BCUT2D eigenvalue weighted by molar-refractivity contribution is 5.81. The molecule has 1 saturated carbocycles. The number of carbonyl (C=O) groups is 2. The number of amides is 2. The normalized spacial score (nSPS) is 27.1. The van der Waals surface area contributed by atoms with E-state index < -0.39 is 6.04 Å². The van der Waals surface area contributed by atoms with Gasteiger partial charge in [-0.15, -0.1) is 0 Å². The molecule has 5 heteroatoms.